The number of likely N-dealkylation sites (tertiary alicyclic amines) is 1. The van der Waals surface area contributed by atoms with Crippen LogP contribution in [-0.2, 0) is 4.79 Å². The van der Waals surface area contributed by atoms with Crippen molar-refractivity contribution in [1.82, 2.24) is 10.2 Å². The zero-order valence-electron chi connectivity index (χ0n) is 12.1. The third-order valence-corrected chi connectivity index (χ3v) is 3.46. The first-order valence-electron chi connectivity index (χ1n) is 6.51. The molecule has 1 rings (SSSR count). The number of carbonyl (C=O) groups excluding carboxylic acids is 1. The van der Waals surface area contributed by atoms with Crippen LogP contribution in [0.2, 0.25) is 0 Å². The van der Waals surface area contributed by atoms with Crippen molar-refractivity contribution in [3.8, 4) is 0 Å². The second-order valence-corrected chi connectivity index (χ2v) is 6.63. The molecule has 19 heavy (non-hydrogen) atoms. The van der Waals surface area contributed by atoms with E-state index in [0.717, 1.165) is 0 Å². The molecule has 110 valence electrons. The van der Waals surface area contributed by atoms with Crippen molar-refractivity contribution in [2.75, 3.05) is 13.1 Å². The van der Waals surface area contributed by atoms with Crippen LogP contribution >= 0.6 is 0 Å². The number of carbonyl (C=O) groups is 2. The van der Waals surface area contributed by atoms with E-state index in [-0.39, 0.29) is 24.4 Å². The summed E-state index contributed by atoms with van der Waals surface area (Å²) in [5.41, 5.74) is -1.18. The van der Waals surface area contributed by atoms with Crippen molar-refractivity contribution >= 4 is 12.0 Å². The number of rotatable bonds is 3. The van der Waals surface area contributed by atoms with E-state index in [1.165, 1.54) is 4.90 Å². The SMILES string of the molecule is CC1(O)CCN(C(=O)NC(CC(=O)O)C(C)(C)C)C1. The molecular formula is C13H24N2O4. The highest BCUT2D eigenvalue weighted by atomic mass is 16.4. The molecule has 2 atom stereocenters. The smallest absolute Gasteiger partial charge is 0.317 e. The lowest BCUT2D eigenvalue weighted by Gasteiger charge is -2.32. The Morgan fingerprint density at radius 3 is 2.37 bits per heavy atom. The molecule has 0 bridgehead atoms. The highest BCUT2D eigenvalue weighted by Gasteiger charge is 2.36. The van der Waals surface area contributed by atoms with Crippen LogP contribution in [0, 0.1) is 5.41 Å². The van der Waals surface area contributed by atoms with E-state index in [0.29, 0.717) is 13.0 Å². The first-order chi connectivity index (χ1) is 8.51. The predicted molar refractivity (Wildman–Crippen MR) is 70.8 cm³/mol. The quantitative estimate of drug-likeness (QED) is 0.716. The number of hydrogen-bond donors (Lipinski definition) is 3. The molecule has 2 unspecified atom stereocenters. The van der Waals surface area contributed by atoms with Crippen LogP contribution in [0.5, 0.6) is 0 Å². The van der Waals surface area contributed by atoms with Gasteiger partial charge in [-0.2, -0.15) is 0 Å². The molecule has 0 aromatic heterocycles. The Labute approximate surface area is 113 Å². The van der Waals surface area contributed by atoms with Gasteiger partial charge in [0.1, 0.15) is 0 Å². The molecule has 6 heteroatoms. The first kappa shape index (κ1) is 15.8. The van der Waals surface area contributed by atoms with Crippen LogP contribution in [0.1, 0.15) is 40.5 Å². The molecule has 2 amide bonds. The Kier molecular flexibility index (Phi) is 4.45. The molecule has 0 aromatic rings. The monoisotopic (exact) mass is 272 g/mol. The van der Waals surface area contributed by atoms with Crippen molar-refractivity contribution < 1.29 is 19.8 Å². The minimum Gasteiger partial charge on any atom is -0.481 e. The molecule has 0 aromatic carbocycles. The minimum absolute atomic E-state index is 0.112. The molecular weight excluding hydrogens is 248 g/mol. The Hall–Kier alpha value is -1.30. The van der Waals surface area contributed by atoms with Crippen LogP contribution in [0.3, 0.4) is 0 Å². The van der Waals surface area contributed by atoms with E-state index in [9.17, 15) is 14.7 Å². The number of nitrogens with one attached hydrogen (secondary N) is 1. The maximum atomic E-state index is 12.1. The van der Waals surface area contributed by atoms with Crippen LogP contribution in [0.4, 0.5) is 4.79 Å². The standard InChI is InChI=1S/C13H24N2O4/c1-12(2,3)9(7-10(16)17)14-11(18)15-6-5-13(4,19)8-15/h9,19H,5-8H2,1-4H3,(H,14,18)(H,16,17). The average molecular weight is 272 g/mol. The van der Waals surface area contributed by atoms with Crippen molar-refractivity contribution in [1.29, 1.82) is 0 Å². The fourth-order valence-electron chi connectivity index (χ4n) is 2.11. The third kappa shape index (κ3) is 4.70. The van der Waals surface area contributed by atoms with Gasteiger partial charge in [-0.1, -0.05) is 20.8 Å². The maximum absolute atomic E-state index is 12.1. The number of β-amino-alcohol motifs (C(OH)–C–C–N with tert-alkyl or cyclic N) is 1. The van der Waals surface area contributed by atoms with Crippen LogP contribution in [-0.4, -0.2) is 51.8 Å². The summed E-state index contributed by atoms with van der Waals surface area (Å²) in [6.07, 6.45) is 0.430. The van der Waals surface area contributed by atoms with Crippen LogP contribution in [0.25, 0.3) is 0 Å². The molecule has 0 saturated carbocycles. The largest absolute Gasteiger partial charge is 0.481 e. The fourth-order valence-corrected chi connectivity index (χ4v) is 2.11. The van der Waals surface area contributed by atoms with Gasteiger partial charge in [0.15, 0.2) is 0 Å². The van der Waals surface area contributed by atoms with E-state index in [4.69, 9.17) is 5.11 Å². The number of carboxylic acid groups (broad SMARTS) is 1. The lowest BCUT2D eigenvalue weighted by Crippen LogP contribution is -2.50. The fraction of sp³-hybridized carbons (Fsp3) is 0.846. The normalized spacial score (nSPS) is 25.2. The second-order valence-electron chi connectivity index (χ2n) is 6.63. The summed E-state index contributed by atoms with van der Waals surface area (Å²) in [5, 5.41) is 21.5. The zero-order chi connectivity index (χ0) is 14.8. The van der Waals surface area contributed by atoms with Gasteiger partial charge < -0.3 is 20.4 Å². The Bertz CT molecular complexity index is 360. The molecule has 0 spiro atoms. The van der Waals surface area contributed by atoms with Crippen LogP contribution < -0.4 is 5.32 Å². The van der Waals surface area contributed by atoms with Gasteiger partial charge in [0.25, 0.3) is 0 Å². The summed E-state index contributed by atoms with van der Waals surface area (Å²) < 4.78 is 0. The van der Waals surface area contributed by atoms with Gasteiger partial charge in [0.05, 0.1) is 18.6 Å². The summed E-state index contributed by atoms with van der Waals surface area (Å²) in [5.74, 6) is -0.936. The van der Waals surface area contributed by atoms with E-state index >= 15 is 0 Å². The van der Waals surface area contributed by atoms with Crippen molar-refractivity contribution in [3.63, 3.8) is 0 Å². The highest BCUT2D eigenvalue weighted by molar-refractivity contribution is 5.76. The number of nitrogens with zero attached hydrogens (tertiary/aromatic N) is 1. The highest BCUT2D eigenvalue weighted by Crippen LogP contribution is 2.24. The van der Waals surface area contributed by atoms with Crippen molar-refractivity contribution in [2.45, 2.75) is 52.2 Å². The summed E-state index contributed by atoms with van der Waals surface area (Å²) in [4.78, 5) is 24.5. The predicted octanol–water partition coefficient (Wildman–Crippen LogP) is 1.04. The van der Waals surface area contributed by atoms with Gasteiger partial charge in [-0.05, 0) is 18.8 Å². The number of hydrogen-bond acceptors (Lipinski definition) is 3. The molecule has 1 heterocycles. The average Bonchev–Trinajstić information content (AvgIpc) is 2.55. The van der Waals surface area contributed by atoms with Gasteiger partial charge in [0.2, 0.25) is 0 Å². The van der Waals surface area contributed by atoms with Gasteiger partial charge in [0, 0.05) is 12.6 Å². The molecule has 1 fully saturated rings. The van der Waals surface area contributed by atoms with E-state index in [2.05, 4.69) is 5.32 Å². The minimum atomic E-state index is -0.936. The first-order valence-corrected chi connectivity index (χ1v) is 6.51. The third-order valence-electron chi connectivity index (χ3n) is 3.46. The molecule has 1 aliphatic heterocycles. The second kappa shape index (κ2) is 5.36. The van der Waals surface area contributed by atoms with Gasteiger partial charge in [-0.25, -0.2) is 4.79 Å². The number of carboxylic acids is 1. The molecule has 0 radical (unpaired) electrons. The molecule has 1 aliphatic rings. The van der Waals surface area contributed by atoms with E-state index < -0.39 is 17.6 Å². The number of aliphatic hydroxyl groups is 1. The summed E-state index contributed by atoms with van der Waals surface area (Å²) in [6.45, 7) is 8.13. The number of urea groups is 1. The lowest BCUT2D eigenvalue weighted by molar-refractivity contribution is -0.138. The van der Waals surface area contributed by atoms with Crippen molar-refractivity contribution in [3.05, 3.63) is 0 Å². The van der Waals surface area contributed by atoms with E-state index in [1.807, 2.05) is 20.8 Å². The number of amides is 2. The Morgan fingerprint density at radius 1 is 1.42 bits per heavy atom. The van der Waals surface area contributed by atoms with Crippen molar-refractivity contribution in [2.24, 2.45) is 5.41 Å². The zero-order valence-corrected chi connectivity index (χ0v) is 12.1. The van der Waals surface area contributed by atoms with Gasteiger partial charge in [-0.3, -0.25) is 4.79 Å². The summed E-state index contributed by atoms with van der Waals surface area (Å²) in [7, 11) is 0. The lowest BCUT2D eigenvalue weighted by atomic mass is 9.85. The van der Waals surface area contributed by atoms with Gasteiger partial charge >= 0.3 is 12.0 Å². The maximum Gasteiger partial charge on any atom is 0.317 e. The molecule has 6 nitrogen and oxygen atoms in total. The van der Waals surface area contributed by atoms with Gasteiger partial charge in [-0.15, -0.1) is 0 Å². The molecule has 3 N–H and O–H groups in total. The molecule has 0 aliphatic carbocycles. The Balaban J connectivity index is 2.64. The summed E-state index contributed by atoms with van der Waals surface area (Å²) in [6, 6.07) is -0.748. The number of aliphatic carboxylic acids is 1. The summed E-state index contributed by atoms with van der Waals surface area (Å²) >= 11 is 0. The topological polar surface area (TPSA) is 89.9 Å². The Morgan fingerprint density at radius 2 is 2.00 bits per heavy atom. The van der Waals surface area contributed by atoms with Crippen LogP contribution in [0.15, 0.2) is 0 Å². The molecule has 1 saturated heterocycles. The van der Waals surface area contributed by atoms with E-state index in [1.54, 1.807) is 6.92 Å².